The highest BCUT2D eigenvalue weighted by Gasteiger charge is 2.31. The highest BCUT2D eigenvalue weighted by molar-refractivity contribution is 5.87. The van der Waals surface area contributed by atoms with Gasteiger partial charge in [0.15, 0.2) is 0 Å². The maximum absolute atomic E-state index is 12.4. The third-order valence-corrected chi connectivity index (χ3v) is 5.71. The molecule has 0 radical (unpaired) electrons. The number of allylic oxidation sites excluding steroid dienone is 1. The Bertz CT molecular complexity index is 1040. The summed E-state index contributed by atoms with van der Waals surface area (Å²) < 4.78 is 52.4. The van der Waals surface area contributed by atoms with E-state index in [9.17, 15) is 18.0 Å². The van der Waals surface area contributed by atoms with E-state index in [-0.39, 0.29) is 11.7 Å². The van der Waals surface area contributed by atoms with Gasteiger partial charge in [0.05, 0.1) is 13.2 Å². The molecule has 1 aliphatic carbocycles. The summed E-state index contributed by atoms with van der Waals surface area (Å²) in [7, 11) is 0. The Labute approximate surface area is 204 Å². The Balaban J connectivity index is 1.53. The smallest absolute Gasteiger partial charge is 0.493 e. The molecule has 0 amide bonds. The van der Waals surface area contributed by atoms with Gasteiger partial charge in [0, 0.05) is 11.1 Å². The van der Waals surface area contributed by atoms with Crippen molar-refractivity contribution in [2.24, 2.45) is 0 Å². The standard InChI is InChI=1S/C28H31F3O4/c1-20(2)27(32)34-18-6-4-3-5-17-33-26-12-8-10-23-19-22(9-7-11-25(23)26)21-13-15-24(16-14-21)35-28(29,30)31/h8,10,12-16,19H,1,3-7,9,11,17-18H2,2H3. The van der Waals surface area contributed by atoms with Crippen LogP contribution < -0.4 is 9.47 Å². The average molecular weight is 489 g/mol. The summed E-state index contributed by atoms with van der Waals surface area (Å²) in [5, 5.41) is 0. The van der Waals surface area contributed by atoms with Crippen molar-refractivity contribution in [3.05, 3.63) is 71.3 Å². The lowest BCUT2D eigenvalue weighted by atomic mass is 10.0. The minimum absolute atomic E-state index is 0.223. The van der Waals surface area contributed by atoms with Crippen molar-refractivity contribution in [1.82, 2.24) is 0 Å². The number of ether oxygens (including phenoxy) is 3. The second-order valence-electron chi connectivity index (χ2n) is 8.60. The second-order valence-corrected chi connectivity index (χ2v) is 8.60. The molecular formula is C28H31F3O4. The van der Waals surface area contributed by atoms with Crippen LogP contribution in [0.1, 0.15) is 62.1 Å². The molecule has 0 spiro atoms. The van der Waals surface area contributed by atoms with E-state index in [1.54, 1.807) is 19.1 Å². The molecule has 0 fully saturated rings. The molecule has 2 aromatic rings. The highest BCUT2D eigenvalue weighted by atomic mass is 19.4. The van der Waals surface area contributed by atoms with E-state index in [0.717, 1.165) is 73.0 Å². The summed E-state index contributed by atoms with van der Waals surface area (Å²) in [5.74, 6) is 0.312. The lowest BCUT2D eigenvalue weighted by Crippen LogP contribution is -2.16. The number of hydrogen-bond donors (Lipinski definition) is 0. The molecular weight excluding hydrogens is 457 g/mol. The van der Waals surface area contributed by atoms with Crippen molar-refractivity contribution in [1.29, 1.82) is 0 Å². The fourth-order valence-corrected chi connectivity index (χ4v) is 3.96. The van der Waals surface area contributed by atoms with Crippen molar-refractivity contribution >= 4 is 17.6 Å². The van der Waals surface area contributed by atoms with Crippen molar-refractivity contribution in [2.45, 2.75) is 58.2 Å². The number of fused-ring (bicyclic) bond motifs is 1. The van der Waals surface area contributed by atoms with Crippen LogP contribution >= 0.6 is 0 Å². The van der Waals surface area contributed by atoms with Crippen molar-refractivity contribution in [2.75, 3.05) is 13.2 Å². The first-order chi connectivity index (χ1) is 16.7. The van der Waals surface area contributed by atoms with Crippen LogP contribution in [0, 0.1) is 0 Å². The topological polar surface area (TPSA) is 44.8 Å². The van der Waals surface area contributed by atoms with Crippen LogP contribution in [0.4, 0.5) is 13.2 Å². The number of benzene rings is 2. The molecule has 188 valence electrons. The van der Waals surface area contributed by atoms with Gasteiger partial charge in [0.2, 0.25) is 0 Å². The van der Waals surface area contributed by atoms with Crippen molar-refractivity contribution in [3.8, 4) is 11.5 Å². The van der Waals surface area contributed by atoms with Crippen LogP contribution in [-0.4, -0.2) is 25.5 Å². The Kier molecular flexibility index (Phi) is 9.40. The summed E-state index contributed by atoms with van der Waals surface area (Å²) in [6.07, 6.45) is 3.68. The highest BCUT2D eigenvalue weighted by Crippen LogP contribution is 2.34. The number of carbonyl (C=O) groups is 1. The van der Waals surface area contributed by atoms with Gasteiger partial charge in [-0.25, -0.2) is 4.79 Å². The van der Waals surface area contributed by atoms with Crippen LogP contribution in [0.2, 0.25) is 0 Å². The Morgan fingerprint density at radius 2 is 1.69 bits per heavy atom. The number of rotatable bonds is 11. The van der Waals surface area contributed by atoms with Crippen molar-refractivity contribution in [3.63, 3.8) is 0 Å². The average Bonchev–Trinajstić information content (AvgIpc) is 3.03. The number of hydrogen-bond acceptors (Lipinski definition) is 4. The van der Waals surface area contributed by atoms with Gasteiger partial charge in [-0.15, -0.1) is 13.2 Å². The van der Waals surface area contributed by atoms with E-state index in [2.05, 4.69) is 17.4 Å². The maximum Gasteiger partial charge on any atom is 0.573 e. The Morgan fingerprint density at radius 3 is 2.37 bits per heavy atom. The number of alkyl halides is 3. The second kappa shape index (κ2) is 12.5. The van der Waals surface area contributed by atoms with Gasteiger partial charge in [-0.3, -0.25) is 0 Å². The molecule has 3 rings (SSSR count). The predicted octanol–water partition coefficient (Wildman–Crippen LogP) is 7.52. The maximum atomic E-state index is 12.4. The first-order valence-electron chi connectivity index (χ1n) is 11.9. The minimum Gasteiger partial charge on any atom is -0.493 e. The lowest BCUT2D eigenvalue weighted by molar-refractivity contribution is -0.274. The fourth-order valence-electron chi connectivity index (χ4n) is 3.96. The van der Waals surface area contributed by atoms with Gasteiger partial charge in [0.1, 0.15) is 11.5 Å². The van der Waals surface area contributed by atoms with Crippen LogP contribution in [0.15, 0.2) is 54.6 Å². The summed E-state index contributed by atoms with van der Waals surface area (Å²) in [5.41, 5.74) is 4.60. The third kappa shape index (κ3) is 8.50. The number of unbranched alkanes of at least 4 members (excludes halogenated alkanes) is 3. The molecule has 0 N–H and O–H groups in total. The van der Waals surface area contributed by atoms with Crippen LogP contribution in [0.5, 0.6) is 11.5 Å². The summed E-state index contributed by atoms with van der Waals surface area (Å²) >= 11 is 0. The lowest BCUT2D eigenvalue weighted by Gasteiger charge is -2.13. The molecule has 0 atom stereocenters. The van der Waals surface area contributed by atoms with Crippen LogP contribution in [-0.2, 0) is 16.0 Å². The van der Waals surface area contributed by atoms with E-state index in [1.807, 2.05) is 18.2 Å². The number of esters is 1. The molecule has 7 heteroatoms. The molecule has 0 saturated carbocycles. The van der Waals surface area contributed by atoms with E-state index < -0.39 is 6.36 Å². The van der Waals surface area contributed by atoms with Crippen molar-refractivity contribution < 1.29 is 32.2 Å². The monoisotopic (exact) mass is 488 g/mol. The Hall–Kier alpha value is -3.22. The van der Waals surface area contributed by atoms with Crippen LogP contribution in [0.3, 0.4) is 0 Å². The normalized spacial score (nSPS) is 13.3. The predicted molar refractivity (Wildman–Crippen MR) is 130 cm³/mol. The first-order valence-corrected chi connectivity index (χ1v) is 11.9. The molecule has 0 unspecified atom stereocenters. The molecule has 0 saturated heterocycles. The van der Waals surface area contributed by atoms with E-state index in [4.69, 9.17) is 9.47 Å². The molecule has 0 aromatic heterocycles. The van der Waals surface area contributed by atoms with E-state index >= 15 is 0 Å². The number of halogens is 3. The molecule has 0 bridgehead atoms. The molecule has 0 heterocycles. The zero-order valence-electron chi connectivity index (χ0n) is 20.0. The van der Waals surface area contributed by atoms with Crippen LogP contribution in [0.25, 0.3) is 11.6 Å². The van der Waals surface area contributed by atoms with Gasteiger partial charge in [-0.05, 0) is 86.8 Å². The van der Waals surface area contributed by atoms with Gasteiger partial charge in [-0.2, -0.15) is 0 Å². The largest absolute Gasteiger partial charge is 0.573 e. The Morgan fingerprint density at radius 1 is 0.971 bits per heavy atom. The zero-order valence-corrected chi connectivity index (χ0v) is 20.0. The molecule has 4 nitrogen and oxygen atoms in total. The zero-order chi connectivity index (χ0) is 25.3. The molecule has 1 aliphatic rings. The van der Waals surface area contributed by atoms with Gasteiger partial charge in [0.25, 0.3) is 0 Å². The third-order valence-electron chi connectivity index (χ3n) is 5.71. The van der Waals surface area contributed by atoms with E-state index in [0.29, 0.717) is 18.8 Å². The molecule has 0 aliphatic heterocycles. The quantitative estimate of drug-likeness (QED) is 0.186. The summed E-state index contributed by atoms with van der Waals surface area (Å²) in [6, 6.07) is 12.0. The minimum atomic E-state index is -4.70. The SMILES string of the molecule is C=C(C)C(=O)OCCCCCCOc1cccc2c1CCCC(c1ccc(OC(F)(F)F)cc1)=C2. The molecule has 2 aromatic carbocycles. The summed E-state index contributed by atoms with van der Waals surface area (Å²) in [6.45, 7) is 6.21. The van der Waals surface area contributed by atoms with Gasteiger partial charge in [-0.1, -0.05) is 36.9 Å². The first kappa shape index (κ1) is 26.4. The van der Waals surface area contributed by atoms with Gasteiger partial charge >= 0.3 is 12.3 Å². The fraction of sp³-hybridized carbons (Fsp3) is 0.393. The summed E-state index contributed by atoms with van der Waals surface area (Å²) in [4.78, 5) is 11.3. The number of carbonyl (C=O) groups excluding carboxylic acids is 1. The van der Waals surface area contributed by atoms with Gasteiger partial charge < -0.3 is 14.2 Å². The molecule has 35 heavy (non-hydrogen) atoms. The van der Waals surface area contributed by atoms with E-state index in [1.165, 1.54) is 12.1 Å².